The van der Waals surface area contributed by atoms with Crippen molar-refractivity contribution in [2.75, 3.05) is 0 Å². The number of carbonyl (C=O) groups is 2. The van der Waals surface area contributed by atoms with E-state index in [2.05, 4.69) is 75.3 Å². The monoisotopic (exact) mass is 1040 g/mol. The molecule has 2 amide bonds. The molecule has 3 aliphatic rings. The van der Waals surface area contributed by atoms with Crippen LogP contribution < -0.4 is 5.73 Å². The molecule has 79 heavy (non-hydrogen) atoms. The minimum absolute atomic E-state index is 0. The van der Waals surface area contributed by atoms with Gasteiger partial charge in [0.15, 0.2) is 22.6 Å². The Morgan fingerprint density at radius 2 is 1.00 bits per heavy atom. The third-order valence-electron chi connectivity index (χ3n) is 16.1. The molecule has 0 unspecified atom stereocenters. The second-order valence-electron chi connectivity index (χ2n) is 21.4. The molecule has 4 N–H and O–H groups in total. The fourth-order valence-electron chi connectivity index (χ4n) is 12.1. The average molecular weight is 1040 g/mol. The average Bonchev–Trinajstić information content (AvgIpc) is 4.33. The highest BCUT2D eigenvalue weighted by molar-refractivity contribution is 6.22. The van der Waals surface area contributed by atoms with E-state index in [9.17, 15) is 19.8 Å². The Hall–Kier alpha value is -9.08. The highest BCUT2D eigenvalue weighted by Gasteiger charge is 2.61. The molecule has 0 atom stereocenters. The van der Waals surface area contributed by atoms with Gasteiger partial charge in [0.25, 0.3) is 11.8 Å². The van der Waals surface area contributed by atoms with Crippen LogP contribution in [-0.2, 0) is 11.1 Å². The number of aryl methyl sites for hydroxylation is 2. The number of fused-ring (bicyclic) bond motifs is 7. The first kappa shape index (κ1) is 50.7. The minimum atomic E-state index is -1.18. The Balaban J connectivity index is 0.000000161. The van der Waals surface area contributed by atoms with Gasteiger partial charge in [0, 0.05) is 75.9 Å². The fraction of sp³-hybridized carbons (Fsp3) is 0.200. The van der Waals surface area contributed by atoms with Gasteiger partial charge in [-0.1, -0.05) is 142 Å². The van der Waals surface area contributed by atoms with Crippen LogP contribution in [0.3, 0.4) is 0 Å². The molecule has 0 saturated heterocycles. The van der Waals surface area contributed by atoms with Crippen LogP contribution >= 0.6 is 0 Å². The standard InChI is InChI=1S/C36H27N5O3.C28H27N5O.CH4/c1-3-35(44)20-36(21-35,40-33(42)27-11-7-8-12-28(27)34(40)43)26-15-13-24(14-16-26)31-29(23-9-5-4-6-10-23)18-25-19-37-30-17-22(2)39-41(30)32(25)38-31;1-3-27(34)16-28(29,17-27)22-11-9-20(10-12-22)25-23(19-7-5-4-6-8-19)14-21-15-30-24-13-18(2)32-33(24)26(21)31-25;/h3-19,44H,1,20-21H2,2H3;4-15,34H,3,16-17,29H2,1-2H3;1H4. The van der Waals surface area contributed by atoms with Crippen LogP contribution in [0.25, 0.3) is 78.1 Å². The molecule has 0 radical (unpaired) electrons. The van der Waals surface area contributed by atoms with Crippen molar-refractivity contribution in [3.05, 3.63) is 216 Å². The second-order valence-corrected chi connectivity index (χ2v) is 21.4. The number of pyridine rings is 2. The van der Waals surface area contributed by atoms with Gasteiger partial charge in [-0.2, -0.15) is 19.2 Å². The third-order valence-corrected chi connectivity index (χ3v) is 16.1. The van der Waals surface area contributed by atoms with E-state index in [4.69, 9.17) is 15.7 Å². The topological polar surface area (TPSA) is 190 Å². The predicted molar refractivity (Wildman–Crippen MR) is 308 cm³/mol. The quantitative estimate of drug-likeness (QED) is 0.0921. The van der Waals surface area contributed by atoms with Crippen LogP contribution in [-0.4, -0.2) is 77.3 Å². The minimum Gasteiger partial charge on any atom is -0.390 e. The fourth-order valence-corrected chi connectivity index (χ4v) is 12.1. The number of hydrogen-bond donors (Lipinski definition) is 3. The molecule has 0 bridgehead atoms. The SMILES string of the molecule is C.C=CC1(O)CC(c2ccc(-c3nc4c(cnc5cc(C)nn54)cc3-c3ccccc3)cc2)(N2C(=O)c3ccccc3C2=O)C1.CCC1(O)CC(N)(c2ccc(-c3nc4c(cnc5cc(C)nn54)cc3-c3ccccc3)cc2)C1. The van der Waals surface area contributed by atoms with Crippen LogP contribution in [0.1, 0.15) is 89.7 Å². The largest absolute Gasteiger partial charge is 0.390 e. The molecular weight excluding hydrogens is 985 g/mol. The second kappa shape index (κ2) is 18.8. The van der Waals surface area contributed by atoms with Crippen LogP contribution in [0.5, 0.6) is 0 Å². The first-order chi connectivity index (χ1) is 37.7. The molecule has 5 aromatic carbocycles. The Morgan fingerprint density at radius 3 is 1.43 bits per heavy atom. The lowest BCUT2D eigenvalue weighted by Crippen LogP contribution is -2.63. The molecule has 2 fully saturated rings. The van der Waals surface area contributed by atoms with Gasteiger partial charge in [-0.15, -0.1) is 6.58 Å². The molecule has 14 heteroatoms. The zero-order valence-corrected chi connectivity index (χ0v) is 43.3. The van der Waals surface area contributed by atoms with Crippen LogP contribution in [0.2, 0.25) is 0 Å². The number of carbonyl (C=O) groups excluding carboxylic acids is 2. The highest BCUT2D eigenvalue weighted by Crippen LogP contribution is 2.55. The molecule has 2 saturated carbocycles. The van der Waals surface area contributed by atoms with E-state index >= 15 is 0 Å². The normalized spacial score (nSPS) is 21.3. The van der Waals surface area contributed by atoms with Gasteiger partial charge in [-0.05, 0) is 79.6 Å². The summed E-state index contributed by atoms with van der Waals surface area (Å²) in [5.41, 5.74) is 18.2. The van der Waals surface area contributed by atoms with Crippen LogP contribution in [0.4, 0.5) is 0 Å². The van der Waals surface area contributed by atoms with Crippen molar-refractivity contribution in [3.8, 4) is 44.8 Å². The number of aromatic nitrogens is 8. The van der Waals surface area contributed by atoms with E-state index in [-0.39, 0.29) is 32.1 Å². The van der Waals surface area contributed by atoms with E-state index in [0.717, 1.165) is 101 Å². The first-order valence-electron chi connectivity index (χ1n) is 26.2. The number of amides is 2. The number of nitrogens with two attached hydrogens (primary N) is 1. The van der Waals surface area contributed by atoms with Gasteiger partial charge in [0.05, 0.1) is 50.6 Å². The molecule has 1 aliphatic heterocycles. The lowest BCUT2D eigenvalue weighted by molar-refractivity contribution is -0.0990. The zero-order valence-electron chi connectivity index (χ0n) is 43.3. The first-order valence-corrected chi connectivity index (χ1v) is 26.2. The van der Waals surface area contributed by atoms with Gasteiger partial charge in [-0.25, -0.2) is 19.9 Å². The maximum atomic E-state index is 13.6. The summed E-state index contributed by atoms with van der Waals surface area (Å²) < 4.78 is 3.57. The van der Waals surface area contributed by atoms with Gasteiger partial charge >= 0.3 is 0 Å². The molecule has 6 aromatic heterocycles. The van der Waals surface area contributed by atoms with E-state index in [1.54, 1.807) is 28.8 Å². The molecule has 392 valence electrons. The van der Waals surface area contributed by atoms with Crippen molar-refractivity contribution in [2.45, 2.75) is 82.6 Å². The maximum Gasteiger partial charge on any atom is 0.262 e. The molecule has 11 aromatic rings. The smallest absolute Gasteiger partial charge is 0.262 e. The number of nitrogens with zero attached hydrogens (tertiary/aromatic N) is 9. The molecule has 0 spiro atoms. The molecule has 14 rings (SSSR count). The van der Waals surface area contributed by atoms with E-state index < -0.39 is 22.3 Å². The summed E-state index contributed by atoms with van der Waals surface area (Å²) >= 11 is 0. The van der Waals surface area contributed by atoms with Gasteiger partial charge in [-0.3, -0.25) is 14.5 Å². The van der Waals surface area contributed by atoms with Gasteiger partial charge in [0.2, 0.25) is 0 Å². The van der Waals surface area contributed by atoms with E-state index in [1.165, 1.54) is 11.0 Å². The Bertz CT molecular complexity index is 4180. The molecule has 2 aliphatic carbocycles. The van der Waals surface area contributed by atoms with Crippen LogP contribution in [0, 0.1) is 13.8 Å². The van der Waals surface area contributed by atoms with Crippen LogP contribution in [0.15, 0.2) is 183 Å². The summed E-state index contributed by atoms with van der Waals surface area (Å²) in [6, 6.07) is 51.4. The molecule has 7 heterocycles. The Morgan fingerprint density at radius 1 is 0.570 bits per heavy atom. The predicted octanol–water partition coefficient (Wildman–Crippen LogP) is 11.8. The summed E-state index contributed by atoms with van der Waals surface area (Å²) in [4.78, 5) is 48.0. The van der Waals surface area contributed by atoms with E-state index in [0.29, 0.717) is 29.6 Å². The number of benzene rings is 5. The highest BCUT2D eigenvalue weighted by atomic mass is 16.3. The van der Waals surface area contributed by atoms with Gasteiger partial charge < -0.3 is 15.9 Å². The summed E-state index contributed by atoms with van der Waals surface area (Å²) in [6.07, 6.45) is 7.41. The lowest BCUT2D eigenvalue weighted by atomic mass is 9.60. The molecular formula is C65H58N10O4. The lowest BCUT2D eigenvalue weighted by Gasteiger charge is -2.55. The maximum absolute atomic E-state index is 13.6. The Kier molecular flexibility index (Phi) is 12.1. The third kappa shape index (κ3) is 8.38. The summed E-state index contributed by atoms with van der Waals surface area (Å²) in [5.74, 6) is -0.703. The van der Waals surface area contributed by atoms with Crippen molar-refractivity contribution < 1.29 is 19.8 Å². The zero-order chi connectivity index (χ0) is 53.7. The molecule has 14 nitrogen and oxygen atoms in total. The summed E-state index contributed by atoms with van der Waals surface area (Å²) in [5, 5.41) is 32.6. The van der Waals surface area contributed by atoms with Gasteiger partial charge in [0.1, 0.15) is 0 Å². The van der Waals surface area contributed by atoms with Crippen molar-refractivity contribution in [1.82, 2.24) is 44.1 Å². The Labute approximate surface area is 456 Å². The number of imide groups is 1. The van der Waals surface area contributed by atoms with Crippen molar-refractivity contribution >= 4 is 45.2 Å². The van der Waals surface area contributed by atoms with Crippen molar-refractivity contribution in [1.29, 1.82) is 0 Å². The summed E-state index contributed by atoms with van der Waals surface area (Å²) in [7, 11) is 0. The van der Waals surface area contributed by atoms with Crippen molar-refractivity contribution in [2.24, 2.45) is 5.73 Å². The summed E-state index contributed by atoms with van der Waals surface area (Å²) in [6.45, 7) is 9.69. The number of rotatable bonds is 9. The number of hydrogen-bond acceptors (Lipinski definition) is 11. The van der Waals surface area contributed by atoms with E-state index in [1.807, 2.05) is 123 Å². The number of aliphatic hydroxyl groups is 2. The van der Waals surface area contributed by atoms with Crippen molar-refractivity contribution in [3.63, 3.8) is 0 Å².